The van der Waals surface area contributed by atoms with Crippen molar-refractivity contribution in [1.29, 1.82) is 0 Å². The van der Waals surface area contributed by atoms with Gasteiger partial charge in [-0.15, -0.1) is 0 Å². The molecule has 3 aliphatic rings. The Balaban J connectivity index is 1.44. The maximum absolute atomic E-state index is 12.7. The van der Waals surface area contributed by atoms with Crippen LogP contribution in [-0.2, 0) is 10.2 Å². The van der Waals surface area contributed by atoms with Crippen LogP contribution in [0.3, 0.4) is 0 Å². The average Bonchev–Trinajstić information content (AvgIpc) is 3.35. The summed E-state index contributed by atoms with van der Waals surface area (Å²) in [6.45, 7) is 7.68. The Morgan fingerprint density at radius 1 is 0.769 bits per heavy atom. The third kappa shape index (κ3) is 3.52. The summed E-state index contributed by atoms with van der Waals surface area (Å²) in [6, 6.07) is 2.04. The molecular weight excluding hydrogens is 352 g/mol. The van der Waals surface area contributed by atoms with Gasteiger partial charge in [-0.3, -0.25) is 0 Å². The van der Waals surface area contributed by atoms with Crippen LogP contribution in [0.25, 0.3) is 0 Å². The lowest BCUT2D eigenvalue weighted by atomic mass is 10.3. The summed E-state index contributed by atoms with van der Waals surface area (Å²) in [4.78, 5) is 13.8. The monoisotopic (exact) mass is 380 g/mol. The summed E-state index contributed by atoms with van der Waals surface area (Å²) in [7, 11) is -3.31. The Morgan fingerprint density at radius 3 is 2.00 bits per heavy atom. The molecule has 0 saturated carbocycles. The molecule has 0 amide bonds. The largest absolute Gasteiger partial charge is 0.356 e. The Hall–Kier alpha value is -1.45. The molecule has 4 heterocycles. The smallest absolute Gasteiger partial charge is 0.282 e. The predicted octanol–water partition coefficient (Wildman–Crippen LogP) is 0.848. The summed E-state index contributed by atoms with van der Waals surface area (Å²) < 4.78 is 28.7. The average molecular weight is 381 g/mol. The fraction of sp³-hybridized carbons (Fsp3) is 0.765. The first-order valence-electron chi connectivity index (χ1n) is 9.65. The standard InChI is InChI=1S/C17H28N6O2S/c1-15-14-16(20-6-2-3-7-20)19-17(18-15)21-10-12-23(13-11-21)26(24,25)22-8-4-5-9-22/h14H,2-13H2,1H3. The van der Waals surface area contributed by atoms with E-state index in [4.69, 9.17) is 4.98 Å². The molecule has 1 aromatic rings. The van der Waals surface area contributed by atoms with Gasteiger partial charge >= 0.3 is 0 Å². The van der Waals surface area contributed by atoms with E-state index in [1.807, 2.05) is 13.0 Å². The van der Waals surface area contributed by atoms with E-state index in [2.05, 4.69) is 14.8 Å². The predicted molar refractivity (Wildman–Crippen MR) is 102 cm³/mol. The molecule has 3 aliphatic heterocycles. The van der Waals surface area contributed by atoms with E-state index in [0.717, 1.165) is 43.4 Å². The molecule has 3 saturated heterocycles. The van der Waals surface area contributed by atoms with Crippen molar-refractivity contribution >= 4 is 22.0 Å². The zero-order valence-corrected chi connectivity index (χ0v) is 16.3. The van der Waals surface area contributed by atoms with E-state index in [9.17, 15) is 8.42 Å². The lowest BCUT2D eigenvalue weighted by molar-refractivity contribution is 0.342. The second kappa shape index (κ2) is 7.28. The third-order valence-electron chi connectivity index (χ3n) is 5.50. The molecule has 144 valence electrons. The molecule has 0 aliphatic carbocycles. The Kier molecular flexibility index (Phi) is 5.02. The summed E-state index contributed by atoms with van der Waals surface area (Å²) >= 11 is 0. The lowest BCUT2D eigenvalue weighted by Gasteiger charge is -2.36. The number of aromatic nitrogens is 2. The Morgan fingerprint density at radius 2 is 1.35 bits per heavy atom. The number of anilines is 2. The molecule has 0 unspecified atom stereocenters. The number of nitrogens with zero attached hydrogens (tertiary/aromatic N) is 6. The fourth-order valence-electron chi connectivity index (χ4n) is 3.99. The van der Waals surface area contributed by atoms with Crippen molar-refractivity contribution < 1.29 is 8.42 Å². The molecule has 0 bridgehead atoms. The van der Waals surface area contributed by atoms with Crippen molar-refractivity contribution in [3.63, 3.8) is 0 Å². The fourth-order valence-corrected chi connectivity index (χ4v) is 5.66. The van der Waals surface area contributed by atoms with Crippen molar-refractivity contribution in [1.82, 2.24) is 18.6 Å². The molecule has 1 aromatic heterocycles. The first kappa shape index (κ1) is 17.9. The summed E-state index contributed by atoms with van der Waals surface area (Å²) in [6.07, 6.45) is 4.36. The van der Waals surface area contributed by atoms with Gasteiger partial charge in [0, 0.05) is 64.1 Å². The van der Waals surface area contributed by atoms with E-state index in [0.29, 0.717) is 39.3 Å². The first-order chi connectivity index (χ1) is 12.5. The summed E-state index contributed by atoms with van der Waals surface area (Å²) in [5.41, 5.74) is 0.962. The van der Waals surface area contributed by atoms with Gasteiger partial charge in [0.15, 0.2) is 0 Å². The molecule has 0 N–H and O–H groups in total. The highest BCUT2D eigenvalue weighted by atomic mass is 32.2. The second-order valence-corrected chi connectivity index (χ2v) is 9.29. The molecule has 0 aromatic carbocycles. The number of rotatable bonds is 4. The maximum Gasteiger partial charge on any atom is 0.282 e. The van der Waals surface area contributed by atoms with E-state index in [-0.39, 0.29) is 0 Å². The van der Waals surface area contributed by atoms with Crippen LogP contribution in [0, 0.1) is 6.92 Å². The summed E-state index contributed by atoms with van der Waals surface area (Å²) in [5.74, 6) is 1.72. The van der Waals surface area contributed by atoms with Crippen molar-refractivity contribution in [2.75, 3.05) is 62.2 Å². The number of piperazine rings is 1. The van der Waals surface area contributed by atoms with Gasteiger partial charge in [0.2, 0.25) is 5.95 Å². The van der Waals surface area contributed by atoms with E-state index < -0.39 is 10.2 Å². The molecule has 8 nitrogen and oxygen atoms in total. The van der Waals surface area contributed by atoms with Crippen LogP contribution in [0.5, 0.6) is 0 Å². The van der Waals surface area contributed by atoms with Gasteiger partial charge in [-0.1, -0.05) is 0 Å². The molecule has 9 heteroatoms. The normalized spacial score (nSPS) is 23.1. The number of hydrogen-bond donors (Lipinski definition) is 0. The second-order valence-electron chi connectivity index (χ2n) is 7.36. The number of hydrogen-bond acceptors (Lipinski definition) is 6. The Labute approximate surface area is 156 Å². The van der Waals surface area contributed by atoms with Crippen molar-refractivity contribution in [2.45, 2.75) is 32.6 Å². The highest BCUT2D eigenvalue weighted by Crippen LogP contribution is 2.23. The quantitative estimate of drug-likeness (QED) is 0.771. The minimum atomic E-state index is -3.31. The van der Waals surface area contributed by atoms with Gasteiger partial charge < -0.3 is 9.80 Å². The highest BCUT2D eigenvalue weighted by Gasteiger charge is 2.34. The van der Waals surface area contributed by atoms with Gasteiger partial charge in [0.25, 0.3) is 10.2 Å². The maximum atomic E-state index is 12.7. The molecular formula is C17H28N6O2S. The van der Waals surface area contributed by atoms with Crippen LogP contribution in [0.2, 0.25) is 0 Å². The third-order valence-corrected chi connectivity index (χ3v) is 7.53. The van der Waals surface area contributed by atoms with Crippen molar-refractivity contribution in [2.24, 2.45) is 0 Å². The van der Waals surface area contributed by atoms with Gasteiger partial charge in [-0.05, 0) is 32.6 Å². The van der Waals surface area contributed by atoms with E-state index in [1.54, 1.807) is 8.61 Å². The van der Waals surface area contributed by atoms with Gasteiger partial charge in [0.05, 0.1) is 0 Å². The lowest BCUT2D eigenvalue weighted by Crippen LogP contribution is -2.53. The van der Waals surface area contributed by atoms with Crippen LogP contribution in [-0.4, -0.2) is 79.4 Å². The zero-order chi connectivity index (χ0) is 18.1. The zero-order valence-electron chi connectivity index (χ0n) is 15.5. The molecule has 3 fully saturated rings. The van der Waals surface area contributed by atoms with Gasteiger partial charge in [-0.2, -0.15) is 22.0 Å². The SMILES string of the molecule is Cc1cc(N2CCCC2)nc(N2CCN(S(=O)(=O)N3CCCC3)CC2)n1. The van der Waals surface area contributed by atoms with E-state index >= 15 is 0 Å². The van der Waals surface area contributed by atoms with Gasteiger partial charge in [0.1, 0.15) is 5.82 Å². The van der Waals surface area contributed by atoms with Crippen LogP contribution in [0.4, 0.5) is 11.8 Å². The van der Waals surface area contributed by atoms with Crippen molar-refractivity contribution in [3.8, 4) is 0 Å². The van der Waals surface area contributed by atoms with Crippen LogP contribution in [0.15, 0.2) is 6.07 Å². The molecule has 0 atom stereocenters. The van der Waals surface area contributed by atoms with Crippen LogP contribution < -0.4 is 9.80 Å². The van der Waals surface area contributed by atoms with E-state index in [1.165, 1.54) is 12.8 Å². The van der Waals surface area contributed by atoms with Crippen LogP contribution in [0.1, 0.15) is 31.4 Å². The minimum Gasteiger partial charge on any atom is -0.356 e. The highest BCUT2D eigenvalue weighted by molar-refractivity contribution is 7.86. The van der Waals surface area contributed by atoms with Crippen LogP contribution >= 0.6 is 0 Å². The first-order valence-corrected chi connectivity index (χ1v) is 11.0. The molecule has 26 heavy (non-hydrogen) atoms. The molecule has 0 spiro atoms. The number of aryl methyl sites for hydroxylation is 1. The van der Waals surface area contributed by atoms with Gasteiger partial charge in [-0.25, -0.2) is 4.98 Å². The molecule has 4 rings (SSSR count). The summed E-state index contributed by atoms with van der Waals surface area (Å²) in [5, 5.41) is 0. The minimum absolute atomic E-state index is 0.495. The molecule has 0 radical (unpaired) electrons. The topological polar surface area (TPSA) is 72.9 Å². The van der Waals surface area contributed by atoms with Crippen molar-refractivity contribution in [3.05, 3.63) is 11.8 Å². The Bertz CT molecular complexity index is 736.